The number of ketones is 1. The molecule has 0 amide bonds. The van der Waals surface area contributed by atoms with Crippen molar-refractivity contribution in [2.45, 2.75) is 70.2 Å². The highest BCUT2D eigenvalue weighted by molar-refractivity contribution is 6.07. The molecular weight excluding hydrogens is 304 g/mol. The van der Waals surface area contributed by atoms with Crippen molar-refractivity contribution in [1.82, 2.24) is 0 Å². The first kappa shape index (κ1) is 15.3. The maximum atomic E-state index is 13.2. The molecule has 4 fully saturated rings. The molecule has 2 heterocycles. The van der Waals surface area contributed by atoms with E-state index < -0.39 is 11.2 Å². The average Bonchev–Trinajstić information content (AvgIpc) is 3.39. The van der Waals surface area contributed by atoms with Crippen LogP contribution in [0.5, 0.6) is 0 Å². The summed E-state index contributed by atoms with van der Waals surface area (Å²) in [7, 11) is 0. The summed E-state index contributed by atoms with van der Waals surface area (Å²) >= 11 is 0. The maximum absolute atomic E-state index is 13.2. The summed E-state index contributed by atoms with van der Waals surface area (Å²) in [6, 6.07) is 0. The molecule has 0 aromatic rings. The van der Waals surface area contributed by atoms with Gasteiger partial charge in [-0.15, -0.1) is 0 Å². The molecule has 0 aromatic carbocycles. The van der Waals surface area contributed by atoms with Gasteiger partial charge in [-0.25, -0.2) is 0 Å². The van der Waals surface area contributed by atoms with Crippen LogP contribution in [0.1, 0.15) is 52.9 Å². The van der Waals surface area contributed by atoms with Gasteiger partial charge in [0.25, 0.3) is 0 Å². The first-order valence-corrected chi connectivity index (χ1v) is 9.35. The number of fused-ring (bicyclic) bond motifs is 1. The van der Waals surface area contributed by atoms with Crippen LogP contribution in [-0.4, -0.2) is 36.0 Å². The smallest absolute Gasteiger partial charge is 0.191 e. The van der Waals surface area contributed by atoms with Crippen molar-refractivity contribution < 1.29 is 19.1 Å². The van der Waals surface area contributed by atoms with Gasteiger partial charge in [0, 0.05) is 16.9 Å². The van der Waals surface area contributed by atoms with Gasteiger partial charge in [0.2, 0.25) is 0 Å². The minimum absolute atomic E-state index is 0.0337. The third-order valence-electron chi connectivity index (χ3n) is 8.10. The fraction of sp³-hybridized carbons (Fsp3) is 0.800. The molecule has 2 saturated carbocycles. The lowest BCUT2D eigenvalue weighted by Crippen LogP contribution is -2.62. The minimum atomic E-state index is -0.719. The zero-order valence-corrected chi connectivity index (χ0v) is 14.8. The van der Waals surface area contributed by atoms with Gasteiger partial charge in [0.05, 0.1) is 12.7 Å². The van der Waals surface area contributed by atoms with Crippen molar-refractivity contribution >= 4 is 12.1 Å². The lowest BCUT2D eigenvalue weighted by Gasteiger charge is -2.57. The summed E-state index contributed by atoms with van der Waals surface area (Å²) in [4.78, 5) is 24.8. The molecule has 3 aliphatic carbocycles. The van der Waals surface area contributed by atoms with Crippen molar-refractivity contribution in [2.75, 3.05) is 6.61 Å². The molecular formula is C20H26O4. The minimum Gasteiger partial charge on any atom is -0.372 e. The van der Waals surface area contributed by atoms with E-state index in [0.29, 0.717) is 18.1 Å². The van der Waals surface area contributed by atoms with Crippen molar-refractivity contribution in [1.29, 1.82) is 0 Å². The van der Waals surface area contributed by atoms with Crippen LogP contribution in [0.2, 0.25) is 0 Å². The van der Waals surface area contributed by atoms with Crippen LogP contribution in [0.15, 0.2) is 11.6 Å². The summed E-state index contributed by atoms with van der Waals surface area (Å²) in [6.07, 6.45) is 7.83. The summed E-state index contributed by atoms with van der Waals surface area (Å²) < 4.78 is 12.1. The van der Waals surface area contributed by atoms with Crippen LogP contribution in [0.25, 0.3) is 0 Å². The molecule has 2 saturated heterocycles. The number of carbonyl (C=O) groups excluding carboxylic acids is 2. The molecule has 24 heavy (non-hydrogen) atoms. The number of rotatable bonds is 2. The molecule has 6 atom stereocenters. The van der Waals surface area contributed by atoms with E-state index in [1.165, 1.54) is 6.42 Å². The summed E-state index contributed by atoms with van der Waals surface area (Å²) in [5, 5.41) is 0. The summed E-state index contributed by atoms with van der Waals surface area (Å²) in [5.74, 6) is 0.465. The third kappa shape index (κ3) is 1.45. The standard InChI is InChI=1S/C20H26O4/c1-17(2)6-4-7-18(3)14(17)5-8-19-16(13-11-23-13)12(10-21)9-15(22)20(18,19)24-19/h9-10,13-14,16H,4-8,11H2,1-3H3/t13-,14-,16-,18-,19+,20+/m1/s1. The van der Waals surface area contributed by atoms with E-state index in [1.807, 2.05) is 0 Å². The lowest BCUT2D eigenvalue weighted by molar-refractivity contribution is -0.136. The lowest BCUT2D eigenvalue weighted by atomic mass is 9.43. The van der Waals surface area contributed by atoms with Crippen LogP contribution in [-0.2, 0) is 19.1 Å². The number of ether oxygens (including phenoxy) is 2. The number of aldehydes is 1. The molecule has 5 rings (SSSR count). The predicted octanol–water partition coefficient (Wildman–Crippen LogP) is 2.84. The molecule has 130 valence electrons. The van der Waals surface area contributed by atoms with Crippen LogP contribution in [0, 0.1) is 22.7 Å². The Morgan fingerprint density at radius 3 is 2.62 bits per heavy atom. The molecule has 0 N–H and O–H groups in total. The predicted molar refractivity (Wildman–Crippen MR) is 87.4 cm³/mol. The Morgan fingerprint density at radius 1 is 1.21 bits per heavy atom. The largest absolute Gasteiger partial charge is 0.372 e. The maximum Gasteiger partial charge on any atom is 0.191 e. The Labute approximate surface area is 143 Å². The highest BCUT2D eigenvalue weighted by Gasteiger charge is 2.88. The zero-order valence-electron chi connectivity index (χ0n) is 14.8. The van der Waals surface area contributed by atoms with E-state index in [2.05, 4.69) is 20.8 Å². The Hall–Kier alpha value is -1.00. The monoisotopic (exact) mass is 330 g/mol. The van der Waals surface area contributed by atoms with Crippen LogP contribution >= 0.6 is 0 Å². The fourth-order valence-corrected chi connectivity index (χ4v) is 7.15. The van der Waals surface area contributed by atoms with Crippen LogP contribution in [0.4, 0.5) is 0 Å². The molecule has 2 aliphatic heterocycles. The Bertz CT molecular complexity index is 675. The number of hydrogen-bond donors (Lipinski definition) is 0. The van der Waals surface area contributed by atoms with E-state index in [0.717, 1.165) is 32.0 Å². The molecule has 0 radical (unpaired) electrons. The van der Waals surface area contributed by atoms with Crippen molar-refractivity contribution in [3.05, 3.63) is 11.6 Å². The number of epoxide rings is 2. The first-order valence-electron chi connectivity index (χ1n) is 9.35. The van der Waals surface area contributed by atoms with Crippen LogP contribution in [0.3, 0.4) is 0 Å². The van der Waals surface area contributed by atoms with Gasteiger partial charge >= 0.3 is 0 Å². The fourth-order valence-electron chi connectivity index (χ4n) is 7.15. The SMILES string of the molecule is CC1(C)CCC[C@]2(C)[C@@H]1CC[C@@]13O[C@]12C(=O)C=C(C=O)[C@@H]3[C@H]1CO1. The van der Waals surface area contributed by atoms with E-state index in [9.17, 15) is 9.59 Å². The first-order chi connectivity index (χ1) is 11.3. The highest BCUT2D eigenvalue weighted by Crippen LogP contribution is 2.77. The van der Waals surface area contributed by atoms with Gasteiger partial charge in [-0.2, -0.15) is 0 Å². The average molecular weight is 330 g/mol. The van der Waals surface area contributed by atoms with Gasteiger partial charge in [-0.05, 0) is 43.1 Å². The number of hydrogen-bond acceptors (Lipinski definition) is 4. The Kier molecular flexibility index (Phi) is 2.68. The third-order valence-corrected chi connectivity index (χ3v) is 8.10. The second-order valence-corrected chi connectivity index (χ2v) is 9.50. The summed E-state index contributed by atoms with van der Waals surface area (Å²) in [5.41, 5.74) is -0.519. The Morgan fingerprint density at radius 2 is 1.96 bits per heavy atom. The molecule has 0 unspecified atom stereocenters. The van der Waals surface area contributed by atoms with E-state index in [-0.39, 0.29) is 28.6 Å². The quantitative estimate of drug-likeness (QED) is 0.577. The van der Waals surface area contributed by atoms with Gasteiger partial charge in [0.1, 0.15) is 11.9 Å². The second-order valence-electron chi connectivity index (χ2n) is 9.50. The summed E-state index contributed by atoms with van der Waals surface area (Å²) in [6.45, 7) is 7.66. The van der Waals surface area contributed by atoms with E-state index in [4.69, 9.17) is 9.47 Å². The highest BCUT2D eigenvalue weighted by atomic mass is 16.6. The van der Waals surface area contributed by atoms with Crippen molar-refractivity contribution in [3.8, 4) is 0 Å². The van der Waals surface area contributed by atoms with Crippen molar-refractivity contribution in [2.24, 2.45) is 22.7 Å². The van der Waals surface area contributed by atoms with Crippen molar-refractivity contribution in [3.63, 3.8) is 0 Å². The molecule has 0 bridgehead atoms. The Balaban J connectivity index is 1.67. The second kappa shape index (κ2) is 4.21. The van der Waals surface area contributed by atoms with Gasteiger partial charge < -0.3 is 9.47 Å². The van der Waals surface area contributed by atoms with Crippen LogP contribution < -0.4 is 0 Å². The normalized spacial score (nSPS) is 54.0. The van der Waals surface area contributed by atoms with Gasteiger partial charge in [-0.1, -0.05) is 27.2 Å². The molecule has 4 nitrogen and oxygen atoms in total. The van der Waals surface area contributed by atoms with Gasteiger partial charge in [0.15, 0.2) is 11.4 Å². The zero-order chi connectivity index (χ0) is 17.0. The number of carbonyl (C=O) groups is 2. The topological polar surface area (TPSA) is 59.2 Å². The van der Waals surface area contributed by atoms with E-state index in [1.54, 1.807) is 6.08 Å². The molecule has 5 aliphatic rings. The molecule has 0 aromatic heterocycles. The molecule has 4 heteroatoms. The molecule has 0 spiro atoms. The van der Waals surface area contributed by atoms with E-state index >= 15 is 0 Å². The van der Waals surface area contributed by atoms with Gasteiger partial charge in [-0.3, -0.25) is 9.59 Å².